The van der Waals surface area contributed by atoms with Crippen molar-refractivity contribution in [2.45, 2.75) is 6.04 Å². The summed E-state index contributed by atoms with van der Waals surface area (Å²) in [6, 6.07) is 5.76. The van der Waals surface area contributed by atoms with E-state index in [1.165, 1.54) is 45.5 Å². The first-order valence-electron chi connectivity index (χ1n) is 8.65. The summed E-state index contributed by atoms with van der Waals surface area (Å²) < 4.78 is 41.7. The van der Waals surface area contributed by atoms with Gasteiger partial charge in [-0.3, -0.25) is 9.59 Å². The van der Waals surface area contributed by atoms with Crippen LogP contribution in [0.25, 0.3) is 0 Å². The number of halogens is 2. The summed E-state index contributed by atoms with van der Waals surface area (Å²) in [6.45, 7) is -0.354. The number of hydrogen-bond donors (Lipinski definition) is 2. The van der Waals surface area contributed by atoms with Crippen molar-refractivity contribution in [3.8, 4) is 11.5 Å². The molecule has 0 aromatic heterocycles. The summed E-state index contributed by atoms with van der Waals surface area (Å²) in [5, 5.41) is 4.83. The van der Waals surface area contributed by atoms with Gasteiger partial charge in [-0.1, -0.05) is 6.07 Å². The zero-order valence-electron chi connectivity index (χ0n) is 16.5. The van der Waals surface area contributed by atoms with Crippen molar-refractivity contribution in [2.75, 3.05) is 27.9 Å². The van der Waals surface area contributed by atoms with Gasteiger partial charge in [-0.2, -0.15) is 0 Å². The molecule has 0 radical (unpaired) electrons. The van der Waals surface area contributed by atoms with Crippen LogP contribution in [0, 0.1) is 11.6 Å². The number of rotatable bonds is 8. The lowest BCUT2D eigenvalue weighted by Gasteiger charge is -2.18. The molecular weight excluding hydrogens is 402 g/mol. The van der Waals surface area contributed by atoms with Crippen LogP contribution in [0.4, 0.5) is 8.78 Å². The molecule has 1 atom stereocenters. The smallest absolute Gasteiger partial charge is 0.343 e. The Labute approximate surface area is 171 Å². The number of hydrogen-bond acceptors (Lipinski definition) is 6. The fourth-order valence-corrected chi connectivity index (χ4v) is 2.47. The van der Waals surface area contributed by atoms with Gasteiger partial charge in [-0.25, -0.2) is 13.6 Å². The van der Waals surface area contributed by atoms with Gasteiger partial charge in [0.25, 0.3) is 5.91 Å². The van der Waals surface area contributed by atoms with Gasteiger partial charge in [-0.05, 0) is 35.9 Å². The molecule has 8 nitrogen and oxygen atoms in total. The normalized spacial score (nSPS) is 11.2. The minimum absolute atomic E-state index is 0.0617. The molecule has 2 N–H and O–H groups in total. The number of carbonyl (C=O) groups excluding carboxylic acids is 3. The molecule has 0 fully saturated rings. The number of benzene rings is 2. The van der Waals surface area contributed by atoms with E-state index in [1.807, 2.05) is 0 Å². The van der Waals surface area contributed by atoms with Crippen molar-refractivity contribution in [3.05, 3.63) is 59.2 Å². The molecule has 1 unspecified atom stereocenters. The Balaban J connectivity index is 2.25. The molecule has 10 heteroatoms. The third kappa shape index (κ3) is 5.43. The highest BCUT2D eigenvalue weighted by Crippen LogP contribution is 2.28. The Bertz CT molecular complexity index is 951. The van der Waals surface area contributed by atoms with E-state index in [2.05, 4.69) is 15.4 Å². The molecule has 2 aromatic rings. The lowest BCUT2D eigenvalue weighted by Crippen LogP contribution is -2.39. The number of likely N-dealkylation sites (N-methyl/N-ethyl adjacent to an activating group) is 1. The predicted molar refractivity (Wildman–Crippen MR) is 101 cm³/mol. The van der Waals surface area contributed by atoms with Crippen molar-refractivity contribution in [1.29, 1.82) is 0 Å². The predicted octanol–water partition coefficient (Wildman–Crippen LogP) is 1.74. The van der Waals surface area contributed by atoms with E-state index in [0.717, 1.165) is 12.1 Å². The molecule has 2 amide bonds. The van der Waals surface area contributed by atoms with E-state index in [4.69, 9.17) is 9.47 Å². The lowest BCUT2D eigenvalue weighted by atomic mass is 10.0. The van der Waals surface area contributed by atoms with Gasteiger partial charge < -0.3 is 24.8 Å². The average molecular weight is 422 g/mol. The number of esters is 1. The molecule has 0 aliphatic heterocycles. The van der Waals surface area contributed by atoms with E-state index in [-0.39, 0.29) is 29.2 Å². The van der Waals surface area contributed by atoms with Crippen molar-refractivity contribution >= 4 is 17.8 Å². The molecular formula is C20H20F2N2O6. The van der Waals surface area contributed by atoms with Gasteiger partial charge in [0.15, 0.2) is 29.7 Å². The molecule has 2 aromatic carbocycles. The van der Waals surface area contributed by atoms with Crippen LogP contribution in [-0.4, -0.2) is 45.7 Å². The maximum absolute atomic E-state index is 13.6. The number of ether oxygens (including phenoxy) is 3. The van der Waals surface area contributed by atoms with Crippen LogP contribution in [0.1, 0.15) is 22.0 Å². The Morgan fingerprint density at radius 1 is 1.00 bits per heavy atom. The lowest BCUT2D eigenvalue weighted by molar-refractivity contribution is -0.142. The third-order valence-electron chi connectivity index (χ3n) is 4.06. The fraction of sp³-hybridized carbons (Fsp3) is 0.250. The van der Waals surface area contributed by atoms with Crippen LogP contribution in [0.3, 0.4) is 0 Å². The van der Waals surface area contributed by atoms with Crippen molar-refractivity contribution < 1.29 is 37.4 Å². The highest BCUT2D eigenvalue weighted by Gasteiger charge is 2.24. The van der Waals surface area contributed by atoms with Crippen LogP contribution >= 0.6 is 0 Å². The number of methoxy groups -OCH3 is 2. The first-order chi connectivity index (χ1) is 14.3. The minimum atomic E-state index is -1.26. The first kappa shape index (κ1) is 22.6. The molecule has 0 spiro atoms. The van der Waals surface area contributed by atoms with Gasteiger partial charge >= 0.3 is 5.97 Å². The quantitative estimate of drug-likeness (QED) is 0.629. The van der Waals surface area contributed by atoms with Crippen LogP contribution in [-0.2, 0) is 14.3 Å². The third-order valence-corrected chi connectivity index (χ3v) is 4.06. The SMILES string of the molecule is CNC(=O)C(NC(=O)c1ccc(OCC(=O)OC)c(OC)c1)c1ccc(F)c(F)c1. The Hall–Kier alpha value is -3.69. The van der Waals surface area contributed by atoms with Gasteiger partial charge in [-0.15, -0.1) is 0 Å². The summed E-state index contributed by atoms with van der Waals surface area (Å²) in [5.41, 5.74) is 0.167. The number of nitrogens with one attached hydrogen (secondary N) is 2. The van der Waals surface area contributed by atoms with E-state index in [9.17, 15) is 23.2 Å². The fourth-order valence-electron chi connectivity index (χ4n) is 2.47. The maximum atomic E-state index is 13.6. The highest BCUT2D eigenvalue weighted by molar-refractivity contribution is 5.98. The monoisotopic (exact) mass is 422 g/mol. The van der Waals surface area contributed by atoms with Crippen LogP contribution in [0.15, 0.2) is 36.4 Å². The van der Waals surface area contributed by atoms with Gasteiger partial charge in [0.05, 0.1) is 14.2 Å². The van der Waals surface area contributed by atoms with Crippen LogP contribution < -0.4 is 20.1 Å². The van der Waals surface area contributed by atoms with E-state index < -0.39 is 35.5 Å². The summed E-state index contributed by atoms with van der Waals surface area (Å²) in [6.07, 6.45) is 0. The minimum Gasteiger partial charge on any atom is -0.493 e. The Morgan fingerprint density at radius 2 is 1.73 bits per heavy atom. The first-order valence-corrected chi connectivity index (χ1v) is 8.65. The standard InChI is InChI=1S/C20H20F2N2O6/c1-23-20(27)18(11-4-6-13(21)14(22)8-11)24-19(26)12-5-7-15(16(9-12)28-2)30-10-17(25)29-3/h4-9,18H,10H2,1-3H3,(H,23,27)(H,24,26). The zero-order valence-corrected chi connectivity index (χ0v) is 16.5. The number of carbonyl (C=O) groups is 3. The van der Waals surface area contributed by atoms with Crippen molar-refractivity contribution in [1.82, 2.24) is 10.6 Å². The second-order valence-electron chi connectivity index (χ2n) is 5.92. The molecule has 160 valence electrons. The molecule has 0 aliphatic carbocycles. The van der Waals surface area contributed by atoms with Crippen molar-refractivity contribution in [3.63, 3.8) is 0 Å². The summed E-state index contributed by atoms with van der Waals surface area (Å²) in [5.74, 6) is -3.76. The van der Waals surface area contributed by atoms with E-state index in [1.54, 1.807) is 0 Å². The molecule has 0 aliphatic rings. The van der Waals surface area contributed by atoms with Crippen LogP contribution in [0.2, 0.25) is 0 Å². The Morgan fingerprint density at radius 3 is 2.33 bits per heavy atom. The Kier molecular flexibility index (Phi) is 7.68. The topological polar surface area (TPSA) is 103 Å². The van der Waals surface area contributed by atoms with E-state index in [0.29, 0.717) is 0 Å². The van der Waals surface area contributed by atoms with Crippen LogP contribution in [0.5, 0.6) is 11.5 Å². The largest absolute Gasteiger partial charge is 0.493 e. The highest BCUT2D eigenvalue weighted by atomic mass is 19.2. The molecule has 0 saturated heterocycles. The van der Waals surface area contributed by atoms with Gasteiger partial charge in [0.1, 0.15) is 6.04 Å². The summed E-state index contributed by atoms with van der Waals surface area (Å²) in [7, 11) is 3.90. The maximum Gasteiger partial charge on any atom is 0.343 e. The van der Waals surface area contributed by atoms with Gasteiger partial charge in [0.2, 0.25) is 5.91 Å². The number of amides is 2. The molecule has 30 heavy (non-hydrogen) atoms. The zero-order chi connectivity index (χ0) is 22.3. The summed E-state index contributed by atoms with van der Waals surface area (Å²) in [4.78, 5) is 36.1. The molecule has 0 heterocycles. The second kappa shape index (κ2) is 10.2. The molecule has 0 bridgehead atoms. The molecule has 2 rings (SSSR count). The molecule has 0 saturated carbocycles. The van der Waals surface area contributed by atoms with Crippen molar-refractivity contribution in [2.24, 2.45) is 0 Å². The van der Waals surface area contributed by atoms with Gasteiger partial charge in [0, 0.05) is 12.6 Å². The van der Waals surface area contributed by atoms with E-state index >= 15 is 0 Å². The second-order valence-corrected chi connectivity index (χ2v) is 5.92. The summed E-state index contributed by atoms with van der Waals surface area (Å²) >= 11 is 0. The average Bonchev–Trinajstić information content (AvgIpc) is 2.76.